The number of nitrogens with one attached hydrogen (secondary N) is 1. The molecule has 1 saturated carbocycles. The molecular formula is C18H23ClN2O4. The third-order valence-corrected chi connectivity index (χ3v) is 4.56. The number of likely N-dealkylation sites (N-methyl/N-ethyl adjacent to an activating group) is 1. The fourth-order valence-corrected chi connectivity index (χ4v) is 2.94. The van der Waals surface area contributed by atoms with Crippen molar-refractivity contribution >= 4 is 35.1 Å². The van der Waals surface area contributed by atoms with Crippen molar-refractivity contribution in [3.63, 3.8) is 0 Å². The van der Waals surface area contributed by atoms with E-state index in [4.69, 9.17) is 16.3 Å². The van der Waals surface area contributed by atoms with Crippen molar-refractivity contribution in [1.29, 1.82) is 0 Å². The lowest BCUT2D eigenvalue weighted by Gasteiger charge is -2.21. The Morgan fingerprint density at radius 1 is 1.20 bits per heavy atom. The summed E-state index contributed by atoms with van der Waals surface area (Å²) in [4.78, 5) is 37.2. The van der Waals surface area contributed by atoms with Crippen molar-refractivity contribution in [2.75, 3.05) is 25.5 Å². The summed E-state index contributed by atoms with van der Waals surface area (Å²) >= 11 is 5.97. The van der Waals surface area contributed by atoms with Crippen LogP contribution in [-0.2, 0) is 19.1 Å². The molecule has 1 aliphatic rings. The predicted octanol–water partition coefficient (Wildman–Crippen LogP) is 2.86. The van der Waals surface area contributed by atoms with Gasteiger partial charge in [0.2, 0.25) is 5.91 Å². The zero-order chi connectivity index (χ0) is 18.2. The van der Waals surface area contributed by atoms with Crippen molar-refractivity contribution < 1.29 is 19.1 Å². The van der Waals surface area contributed by atoms with Gasteiger partial charge < -0.3 is 15.0 Å². The van der Waals surface area contributed by atoms with Gasteiger partial charge in [0.15, 0.2) is 6.61 Å². The maximum absolute atomic E-state index is 12.0. The SMILES string of the molecule is CN(CC(=O)Nc1ccccc1Cl)C(=O)COC(=O)C1CCCCC1. The van der Waals surface area contributed by atoms with E-state index in [1.165, 1.54) is 11.9 Å². The van der Waals surface area contributed by atoms with E-state index in [0.29, 0.717) is 10.7 Å². The van der Waals surface area contributed by atoms with Gasteiger partial charge in [-0.2, -0.15) is 0 Å². The minimum atomic E-state index is -0.418. The fraction of sp³-hybridized carbons (Fsp3) is 0.500. The van der Waals surface area contributed by atoms with E-state index in [-0.39, 0.29) is 30.9 Å². The van der Waals surface area contributed by atoms with Crippen molar-refractivity contribution in [2.45, 2.75) is 32.1 Å². The van der Waals surface area contributed by atoms with Crippen LogP contribution in [0, 0.1) is 5.92 Å². The van der Waals surface area contributed by atoms with Crippen LogP contribution >= 0.6 is 11.6 Å². The van der Waals surface area contributed by atoms with Crippen LogP contribution in [0.4, 0.5) is 5.69 Å². The molecule has 0 aliphatic heterocycles. The molecule has 0 saturated heterocycles. The molecule has 0 heterocycles. The molecule has 2 rings (SSSR count). The summed E-state index contributed by atoms with van der Waals surface area (Å²) in [5, 5.41) is 3.06. The maximum Gasteiger partial charge on any atom is 0.309 e. The van der Waals surface area contributed by atoms with Gasteiger partial charge in [0, 0.05) is 7.05 Å². The molecule has 1 aromatic rings. The maximum atomic E-state index is 12.0. The van der Waals surface area contributed by atoms with Gasteiger partial charge in [-0.05, 0) is 25.0 Å². The second-order valence-corrected chi connectivity index (χ2v) is 6.63. The van der Waals surface area contributed by atoms with Crippen LogP contribution in [0.2, 0.25) is 5.02 Å². The summed E-state index contributed by atoms with van der Waals surface area (Å²) < 4.78 is 5.10. The van der Waals surface area contributed by atoms with Gasteiger partial charge in [-0.15, -0.1) is 0 Å². The molecular weight excluding hydrogens is 344 g/mol. The molecule has 2 amide bonds. The molecule has 1 N–H and O–H groups in total. The number of hydrogen-bond donors (Lipinski definition) is 1. The van der Waals surface area contributed by atoms with Crippen LogP contribution in [-0.4, -0.2) is 42.9 Å². The minimum absolute atomic E-state index is 0.102. The standard InChI is InChI=1S/C18H23ClN2O4/c1-21(11-16(22)20-15-10-6-5-9-14(15)19)17(23)12-25-18(24)13-7-3-2-4-8-13/h5-6,9-10,13H,2-4,7-8,11-12H2,1H3,(H,20,22). The van der Waals surface area contributed by atoms with E-state index in [1.54, 1.807) is 24.3 Å². The normalized spacial score (nSPS) is 14.6. The van der Waals surface area contributed by atoms with Crippen molar-refractivity contribution in [2.24, 2.45) is 5.92 Å². The van der Waals surface area contributed by atoms with Gasteiger partial charge >= 0.3 is 5.97 Å². The van der Waals surface area contributed by atoms with E-state index in [9.17, 15) is 14.4 Å². The van der Waals surface area contributed by atoms with Gasteiger partial charge in [0.1, 0.15) is 0 Å². The molecule has 7 heteroatoms. The monoisotopic (exact) mass is 366 g/mol. The first-order valence-corrected chi connectivity index (χ1v) is 8.80. The Bertz CT molecular complexity index is 629. The minimum Gasteiger partial charge on any atom is -0.455 e. The topological polar surface area (TPSA) is 75.7 Å². The summed E-state index contributed by atoms with van der Waals surface area (Å²) in [6.07, 6.45) is 4.84. The number of carbonyl (C=O) groups excluding carboxylic acids is 3. The number of esters is 1. The third-order valence-electron chi connectivity index (χ3n) is 4.23. The number of anilines is 1. The highest BCUT2D eigenvalue weighted by molar-refractivity contribution is 6.33. The van der Waals surface area contributed by atoms with Crippen molar-refractivity contribution in [1.82, 2.24) is 4.90 Å². The largest absolute Gasteiger partial charge is 0.455 e. The van der Waals surface area contributed by atoms with Crippen LogP contribution in [0.25, 0.3) is 0 Å². The van der Waals surface area contributed by atoms with Gasteiger partial charge in [0.05, 0.1) is 23.2 Å². The number of ether oxygens (including phenoxy) is 1. The van der Waals surface area contributed by atoms with Crippen LogP contribution in [0.1, 0.15) is 32.1 Å². The Kier molecular flexibility index (Phi) is 7.25. The number of para-hydroxylation sites is 1. The zero-order valence-electron chi connectivity index (χ0n) is 14.3. The van der Waals surface area contributed by atoms with Crippen LogP contribution in [0.3, 0.4) is 0 Å². The first kappa shape index (κ1) is 19.2. The lowest BCUT2D eigenvalue weighted by Crippen LogP contribution is -2.38. The van der Waals surface area contributed by atoms with Gasteiger partial charge in [-0.25, -0.2) is 0 Å². The van der Waals surface area contributed by atoms with E-state index < -0.39 is 5.91 Å². The summed E-state index contributed by atoms with van der Waals surface area (Å²) in [6, 6.07) is 6.85. The molecule has 0 spiro atoms. The molecule has 25 heavy (non-hydrogen) atoms. The quantitative estimate of drug-likeness (QED) is 0.785. The van der Waals surface area contributed by atoms with E-state index >= 15 is 0 Å². The number of amides is 2. The van der Waals surface area contributed by atoms with Crippen molar-refractivity contribution in [3.8, 4) is 0 Å². The van der Waals surface area contributed by atoms with Crippen LogP contribution in [0.5, 0.6) is 0 Å². The van der Waals surface area contributed by atoms with Gasteiger partial charge in [-0.1, -0.05) is 43.0 Å². The number of hydrogen-bond acceptors (Lipinski definition) is 4. The second kappa shape index (κ2) is 9.42. The highest BCUT2D eigenvalue weighted by Gasteiger charge is 2.24. The van der Waals surface area contributed by atoms with E-state index in [2.05, 4.69) is 5.32 Å². The number of halogens is 1. The Morgan fingerprint density at radius 3 is 2.56 bits per heavy atom. The Morgan fingerprint density at radius 2 is 1.88 bits per heavy atom. The lowest BCUT2D eigenvalue weighted by molar-refractivity contribution is -0.156. The molecule has 0 bridgehead atoms. The first-order valence-electron chi connectivity index (χ1n) is 8.42. The van der Waals surface area contributed by atoms with Gasteiger partial charge in [0.25, 0.3) is 5.91 Å². The molecule has 0 atom stereocenters. The summed E-state index contributed by atoms with van der Waals surface area (Å²) in [6.45, 7) is -0.490. The summed E-state index contributed by atoms with van der Waals surface area (Å²) in [5.74, 6) is -1.21. The second-order valence-electron chi connectivity index (χ2n) is 6.22. The van der Waals surface area contributed by atoms with E-state index in [0.717, 1.165) is 32.1 Å². The van der Waals surface area contributed by atoms with E-state index in [1.807, 2.05) is 0 Å². The first-order chi connectivity index (χ1) is 12.0. The molecule has 0 aromatic heterocycles. The average Bonchev–Trinajstić information content (AvgIpc) is 2.62. The van der Waals surface area contributed by atoms with Crippen LogP contribution in [0.15, 0.2) is 24.3 Å². The number of nitrogens with zero attached hydrogens (tertiary/aromatic N) is 1. The Labute approximate surface area is 152 Å². The highest BCUT2D eigenvalue weighted by Crippen LogP contribution is 2.24. The smallest absolute Gasteiger partial charge is 0.309 e. The average molecular weight is 367 g/mol. The number of rotatable bonds is 6. The molecule has 136 valence electrons. The zero-order valence-corrected chi connectivity index (χ0v) is 15.1. The van der Waals surface area contributed by atoms with Gasteiger partial charge in [-0.3, -0.25) is 14.4 Å². The molecule has 1 aromatic carbocycles. The third kappa shape index (κ3) is 6.05. The number of benzene rings is 1. The molecule has 6 nitrogen and oxygen atoms in total. The molecule has 1 fully saturated rings. The summed E-state index contributed by atoms with van der Waals surface area (Å²) in [7, 11) is 1.49. The summed E-state index contributed by atoms with van der Waals surface area (Å²) in [5.41, 5.74) is 0.485. The van der Waals surface area contributed by atoms with Crippen LogP contribution < -0.4 is 5.32 Å². The fourth-order valence-electron chi connectivity index (χ4n) is 2.76. The molecule has 0 radical (unpaired) electrons. The molecule has 0 unspecified atom stereocenters. The Hall–Kier alpha value is -2.08. The van der Waals surface area contributed by atoms with Crippen molar-refractivity contribution in [3.05, 3.63) is 29.3 Å². The highest BCUT2D eigenvalue weighted by atomic mass is 35.5. The Balaban J connectivity index is 1.74. The lowest BCUT2D eigenvalue weighted by atomic mass is 9.89. The predicted molar refractivity (Wildman–Crippen MR) is 95.3 cm³/mol. The number of carbonyl (C=O) groups is 3. The molecule has 1 aliphatic carbocycles.